The number of carbonyl (C=O) groups is 1. The minimum atomic E-state index is -0.243. The van der Waals surface area contributed by atoms with Crippen LogP contribution in [0.15, 0.2) is 76.5 Å². The number of benzene rings is 2. The average Bonchev–Trinajstić information content (AvgIpc) is 3.54. The van der Waals surface area contributed by atoms with Crippen LogP contribution in [0.5, 0.6) is 11.5 Å². The van der Waals surface area contributed by atoms with Gasteiger partial charge in [-0.05, 0) is 35.9 Å². The lowest BCUT2D eigenvalue weighted by Crippen LogP contribution is -2.37. The summed E-state index contributed by atoms with van der Waals surface area (Å²) in [7, 11) is 0. The molecule has 0 saturated heterocycles. The van der Waals surface area contributed by atoms with E-state index in [4.69, 9.17) is 18.7 Å². The van der Waals surface area contributed by atoms with Gasteiger partial charge in [0.1, 0.15) is 0 Å². The molecule has 0 bridgehead atoms. The number of hydrogen-bond donors (Lipinski definition) is 0. The van der Waals surface area contributed by atoms with Gasteiger partial charge < -0.3 is 23.6 Å². The molecule has 1 unspecified atom stereocenters. The van der Waals surface area contributed by atoms with Crippen LogP contribution < -0.4 is 9.47 Å². The first-order valence-electron chi connectivity index (χ1n) is 9.76. The van der Waals surface area contributed by atoms with Gasteiger partial charge in [-0.3, -0.25) is 4.79 Å². The van der Waals surface area contributed by atoms with Crippen molar-refractivity contribution in [2.45, 2.75) is 19.1 Å². The lowest BCUT2D eigenvalue weighted by molar-refractivity contribution is 0.0387. The molecule has 2 aromatic carbocycles. The van der Waals surface area contributed by atoms with Crippen LogP contribution in [0.1, 0.15) is 28.1 Å². The minimum absolute atomic E-state index is 0.177. The van der Waals surface area contributed by atoms with Crippen LogP contribution in [0.3, 0.4) is 0 Å². The molecule has 3 heterocycles. The second-order valence-electron chi connectivity index (χ2n) is 7.19. The largest absolute Gasteiger partial charge is 0.459 e. The fourth-order valence-electron chi connectivity index (χ4n) is 3.60. The van der Waals surface area contributed by atoms with E-state index in [1.54, 1.807) is 17.0 Å². The summed E-state index contributed by atoms with van der Waals surface area (Å²) in [6.45, 7) is 1.08. The standard InChI is InChI=1S/C23H20N2O5/c26-23(21-7-4-10-27-21)25(13-16-5-2-1-3-6-16)14-18-12-19(24-30-18)17-8-9-20-22(11-17)29-15-28-20/h1-11,18H,12-15H2. The topological polar surface area (TPSA) is 73.5 Å². The van der Waals surface area contributed by atoms with E-state index in [1.165, 1.54) is 6.26 Å². The highest BCUT2D eigenvalue weighted by atomic mass is 16.7. The van der Waals surface area contributed by atoms with Gasteiger partial charge in [-0.15, -0.1) is 0 Å². The zero-order valence-electron chi connectivity index (χ0n) is 16.2. The lowest BCUT2D eigenvalue weighted by atomic mass is 10.0. The molecule has 7 nitrogen and oxygen atoms in total. The zero-order valence-corrected chi connectivity index (χ0v) is 16.2. The summed E-state index contributed by atoms with van der Waals surface area (Å²) in [6, 6.07) is 18.9. The van der Waals surface area contributed by atoms with E-state index in [2.05, 4.69) is 5.16 Å². The van der Waals surface area contributed by atoms with E-state index in [9.17, 15) is 4.79 Å². The maximum Gasteiger partial charge on any atom is 0.289 e. The molecule has 5 rings (SSSR count). The summed E-state index contributed by atoms with van der Waals surface area (Å²) >= 11 is 0. The van der Waals surface area contributed by atoms with Crippen LogP contribution in [0.25, 0.3) is 0 Å². The molecule has 30 heavy (non-hydrogen) atoms. The van der Waals surface area contributed by atoms with Gasteiger partial charge in [0.25, 0.3) is 5.91 Å². The SMILES string of the molecule is O=C(c1ccco1)N(Cc1ccccc1)CC1CC(c2ccc3c(c2)OCO3)=NO1. The van der Waals surface area contributed by atoms with E-state index < -0.39 is 0 Å². The van der Waals surface area contributed by atoms with Gasteiger partial charge in [0.2, 0.25) is 6.79 Å². The number of furan rings is 1. The first-order chi connectivity index (χ1) is 14.8. The Hall–Kier alpha value is -3.74. The van der Waals surface area contributed by atoms with Crippen LogP contribution >= 0.6 is 0 Å². The van der Waals surface area contributed by atoms with Crippen LogP contribution in [-0.2, 0) is 11.4 Å². The van der Waals surface area contributed by atoms with Crippen molar-refractivity contribution < 1.29 is 23.5 Å². The monoisotopic (exact) mass is 404 g/mol. The second kappa shape index (κ2) is 7.94. The van der Waals surface area contributed by atoms with Crippen molar-refractivity contribution in [3.8, 4) is 11.5 Å². The fraction of sp³-hybridized carbons (Fsp3) is 0.217. The van der Waals surface area contributed by atoms with Gasteiger partial charge in [0, 0.05) is 18.5 Å². The summed E-state index contributed by atoms with van der Waals surface area (Å²) in [6.07, 6.45) is 1.85. The van der Waals surface area contributed by atoms with Crippen LogP contribution in [0.4, 0.5) is 0 Å². The highest BCUT2D eigenvalue weighted by molar-refractivity contribution is 6.02. The van der Waals surface area contributed by atoms with Crippen molar-refractivity contribution in [1.82, 2.24) is 4.90 Å². The third-order valence-corrected chi connectivity index (χ3v) is 5.10. The Balaban J connectivity index is 1.30. The normalized spacial score (nSPS) is 16.8. The Morgan fingerprint density at radius 2 is 1.90 bits per heavy atom. The molecule has 1 atom stereocenters. The molecule has 7 heteroatoms. The summed E-state index contributed by atoms with van der Waals surface area (Å²) in [5.41, 5.74) is 2.78. The third kappa shape index (κ3) is 3.74. The van der Waals surface area contributed by atoms with Crippen molar-refractivity contribution in [3.05, 3.63) is 83.8 Å². The molecule has 3 aromatic rings. The van der Waals surface area contributed by atoms with Crippen molar-refractivity contribution in [1.29, 1.82) is 0 Å². The number of amides is 1. The fourth-order valence-corrected chi connectivity index (χ4v) is 3.60. The molecule has 2 aliphatic rings. The Morgan fingerprint density at radius 3 is 2.73 bits per heavy atom. The van der Waals surface area contributed by atoms with Crippen LogP contribution in [0.2, 0.25) is 0 Å². The number of hydrogen-bond acceptors (Lipinski definition) is 6. The second-order valence-corrected chi connectivity index (χ2v) is 7.19. The quantitative estimate of drug-likeness (QED) is 0.624. The number of ether oxygens (including phenoxy) is 2. The number of rotatable bonds is 6. The summed E-state index contributed by atoms with van der Waals surface area (Å²) in [4.78, 5) is 20.4. The number of carbonyl (C=O) groups excluding carboxylic acids is 1. The third-order valence-electron chi connectivity index (χ3n) is 5.10. The average molecular weight is 404 g/mol. The zero-order chi connectivity index (χ0) is 20.3. The maximum absolute atomic E-state index is 13.0. The van der Waals surface area contributed by atoms with E-state index >= 15 is 0 Å². The van der Waals surface area contributed by atoms with Gasteiger partial charge in [0.05, 0.1) is 18.5 Å². The Morgan fingerprint density at radius 1 is 1.03 bits per heavy atom. The number of fused-ring (bicyclic) bond motifs is 1. The van der Waals surface area contributed by atoms with Gasteiger partial charge in [0.15, 0.2) is 23.4 Å². The van der Waals surface area contributed by atoms with Crippen molar-refractivity contribution in [2.75, 3.05) is 13.3 Å². The molecular formula is C23H20N2O5. The van der Waals surface area contributed by atoms with E-state index in [-0.39, 0.29) is 18.8 Å². The Labute approximate surface area is 173 Å². The first kappa shape index (κ1) is 18.3. The minimum Gasteiger partial charge on any atom is -0.459 e. The Kier molecular flexibility index (Phi) is 4.85. The highest BCUT2D eigenvalue weighted by Crippen LogP contribution is 2.33. The molecule has 0 radical (unpaired) electrons. The molecular weight excluding hydrogens is 384 g/mol. The van der Waals surface area contributed by atoms with Crippen LogP contribution in [-0.4, -0.2) is 36.0 Å². The number of nitrogens with zero attached hydrogens (tertiary/aromatic N) is 2. The van der Waals surface area contributed by atoms with E-state index in [0.29, 0.717) is 31.0 Å². The predicted molar refractivity (Wildman–Crippen MR) is 108 cm³/mol. The number of oxime groups is 1. The van der Waals surface area contributed by atoms with Gasteiger partial charge in [-0.1, -0.05) is 35.5 Å². The molecule has 0 fully saturated rings. The van der Waals surface area contributed by atoms with E-state index in [1.807, 2.05) is 48.5 Å². The van der Waals surface area contributed by atoms with Crippen LogP contribution in [0, 0.1) is 0 Å². The maximum atomic E-state index is 13.0. The summed E-state index contributed by atoms with van der Waals surface area (Å²) in [5.74, 6) is 1.56. The van der Waals surface area contributed by atoms with Gasteiger partial charge >= 0.3 is 0 Å². The molecule has 0 spiro atoms. The Bertz CT molecular complexity index is 1060. The molecule has 1 aromatic heterocycles. The molecule has 0 saturated carbocycles. The molecule has 2 aliphatic heterocycles. The summed E-state index contributed by atoms with van der Waals surface area (Å²) in [5, 5.41) is 4.25. The van der Waals surface area contributed by atoms with Gasteiger partial charge in [-0.25, -0.2) is 0 Å². The van der Waals surface area contributed by atoms with Crippen molar-refractivity contribution >= 4 is 11.6 Å². The summed E-state index contributed by atoms with van der Waals surface area (Å²) < 4.78 is 16.1. The van der Waals surface area contributed by atoms with Crippen molar-refractivity contribution in [3.63, 3.8) is 0 Å². The van der Waals surface area contributed by atoms with E-state index in [0.717, 1.165) is 22.6 Å². The predicted octanol–water partition coefficient (Wildman–Crippen LogP) is 3.84. The smallest absolute Gasteiger partial charge is 0.289 e. The molecule has 0 N–H and O–H groups in total. The molecule has 152 valence electrons. The molecule has 0 aliphatic carbocycles. The highest BCUT2D eigenvalue weighted by Gasteiger charge is 2.29. The first-order valence-corrected chi connectivity index (χ1v) is 9.76. The van der Waals surface area contributed by atoms with Gasteiger partial charge in [-0.2, -0.15) is 0 Å². The molecule has 1 amide bonds. The lowest BCUT2D eigenvalue weighted by Gasteiger charge is -2.24. The van der Waals surface area contributed by atoms with Crippen molar-refractivity contribution in [2.24, 2.45) is 5.16 Å².